The SMILES string of the molecule is O=C(O)c1cc2cc(C(=O)O)c(Cl)cc2[nH]1. The predicted molar refractivity (Wildman–Crippen MR) is 57.2 cm³/mol. The molecule has 2 aromatic rings. The summed E-state index contributed by atoms with van der Waals surface area (Å²) in [4.78, 5) is 24.1. The number of halogens is 1. The van der Waals surface area contributed by atoms with Crippen molar-refractivity contribution in [2.75, 3.05) is 0 Å². The summed E-state index contributed by atoms with van der Waals surface area (Å²) < 4.78 is 0. The van der Waals surface area contributed by atoms with Crippen molar-refractivity contribution in [3.63, 3.8) is 0 Å². The van der Waals surface area contributed by atoms with E-state index in [0.29, 0.717) is 10.9 Å². The summed E-state index contributed by atoms with van der Waals surface area (Å²) in [5.41, 5.74) is 0.436. The van der Waals surface area contributed by atoms with Crippen LogP contribution < -0.4 is 0 Å². The van der Waals surface area contributed by atoms with Gasteiger partial charge in [-0.2, -0.15) is 0 Å². The van der Waals surface area contributed by atoms with Gasteiger partial charge in [0.2, 0.25) is 0 Å². The number of aromatic nitrogens is 1. The molecule has 5 nitrogen and oxygen atoms in total. The number of H-pyrrole nitrogens is 1. The van der Waals surface area contributed by atoms with Crippen LogP contribution in [-0.2, 0) is 0 Å². The summed E-state index contributed by atoms with van der Waals surface area (Å²) in [5.74, 6) is -2.26. The molecule has 0 amide bonds. The highest BCUT2D eigenvalue weighted by Gasteiger charge is 2.13. The Morgan fingerprint density at radius 1 is 1.12 bits per heavy atom. The Hall–Kier alpha value is -2.01. The lowest BCUT2D eigenvalue weighted by Crippen LogP contribution is -1.96. The maximum atomic E-state index is 10.8. The van der Waals surface area contributed by atoms with Crippen LogP contribution >= 0.6 is 11.6 Å². The molecule has 2 rings (SSSR count). The molecule has 1 aromatic carbocycles. The predicted octanol–water partition coefficient (Wildman–Crippen LogP) is 2.22. The molecular formula is C10H6ClNO4. The molecule has 0 aliphatic heterocycles. The van der Waals surface area contributed by atoms with E-state index in [9.17, 15) is 9.59 Å². The largest absolute Gasteiger partial charge is 0.478 e. The third kappa shape index (κ3) is 1.61. The van der Waals surface area contributed by atoms with Gasteiger partial charge in [-0.25, -0.2) is 9.59 Å². The average Bonchev–Trinajstić information content (AvgIpc) is 2.58. The maximum absolute atomic E-state index is 10.8. The van der Waals surface area contributed by atoms with Crippen LogP contribution in [-0.4, -0.2) is 27.1 Å². The van der Waals surface area contributed by atoms with Crippen LogP contribution in [0.1, 0.15) is 20.8 Å². The summed E-state index contributed by atoms with van der Waals surface area (Å²) in [5, 5.41) is 18.2. The fourth-order valence-electron chi connectivity index (χ4n) is 1.43. The molecule has 0 unspecified atom stereocenters. The highest BCUT2D eigenvalue weighted by Crippen LogP contribution is 2.24. The first-order valence-electron chi connectivity index (χ1n) is 4.28. The molecule has 82 valence electrons. The normalized spacial score (nSPS) is 10.6. The van der Waals surface area contributed by atoms with E-state index < -0.39 is 11.9 Å². The van der Waals surface area contributed by atoms with E-state index in [0.717, 1.165) is 0 Å². The highest BCUT2D eigenvalue weighted by molar-refractivity contribution is 6.34. The van der Waals surface area contributed by atoms with Gasteiger partial charge in [-0.3, -0.25) is 0 Å². The average molecular weight is 240 g/mol. The van der Waals surface area contributed by atoms with Crippen molar-refractivity contribution >= 4 is 34.4 Å². The van der Waals surface area contributed by atoms with Crippen LogP contribution in [0.5, 0.6) is 0 Å². The minimum absolute atomic E-state index is 0.00592. The number of rotatable bonds is 2. The number of hydrogen-bond acceptors (Lipinski definition) is 2. The van der Waals surface area contributed by atoms with E-state index >= 15 is 0 Å². The van der Waals surface area contributed by atoms with Crippen molar-refractivity contribution < 1.29 is 19.8 Å². The lowest BCUT2D eigenvalue weighted by molar-refractivity contribution is 0.0683. The van der Waals surface area contributed by atoms with E-state index in [2.05, 4.69) is 4.98 Å². The lowest BCUT2D eigenvalue weighted by atomic mass is 10.1. The van der Waals surface area contributed by atoms with Gasteiger partial charge in [-0.1, -0.05) is 11.6 Å². The zero-order valence-electron chi connectivity index (χ0n) is 7.82. The van der Waals surface area contributed by atoms with Gasteiger partial charge >= 0.3 is 11.9 Å². The number of hydrogen-bond donors (Lipinski definition) is 3. The van der Waals surface area contributed by atoms with Crippen LogP contribution in [0.3, 0.4) is 0 Å². The number of aromatic carboxylic acids is 2. The fourth-order valence-corrected chi connectivity index (χ4v) is 1.68. The first-order chi connectivity index (χ1) is 7.49. The molecule has 0 fully saturated rings. The maximum Gasteiger partial charge on any atom is 0.352 e. The Kier molecular flexibility index (Phi) is 2.32. The monoisotopic (exact) mass is 239 g/mol. The van der Waals surface area contributed by atoms with Crippen molar-refractivity contribution in [3.8, 4) is 0 Å². The molecule has 0 aliphatic rings. The van der Waals surface area contributed by atoms with Crippen LogP contribution in [0.15, 0.2) is 18.2 Å². The van der Waals surface area contributed by atoms with Crippen molar-refractivity contribution in [2.45, 2.75) is 0 Å². The molecule has 0 radical (unpaired) electrons. The Bertz CT molecular complexity index is 602. The number of fused-ring (bicyclic) bond motifs is 1. The molecule has 1 aromatic heterocycles. The Balaban J connectivity index is 2.70. The second-order valence-electron chi connectivity index (χ2n) is 3.21. The van der Waals surface area contributed by atoms with Gasteiger partial charge in [-0.15, -0.1) is 0 Å². The Labute approximate surface area is 94.3 Å². The molecular weight excluding hydrogens is 234 g/mol. The molecule has 16 heavy (non-hydrogen) atoms. The first-order valence-corrected chi connectivity index (χ1v) is 4.65. The second kappa shape index (κ2) is 3.53. The van der Waals surface area contributed by atoms with E-state index in [1.807, 2.05) is 0 Å². The molecule has 0 aliphatic carbocycles. The summed E-state index contributed by atoms with van der Waals surface area (Å²) in [7, 11) is 0. The molecule has 0 atom stereocenters. The summed E-state index contributed by atoms with van der Waals surface area (Å²) in [6.07, 6.45) is 0. The third-order valence-corrected chi connectivity index (χ3v) is 2.48. The molecule has 0 bridgehead atoms. The molecule has 0 saturated heterocycles. The van der Waals surface area contributed by atoms with E-state index in [-0.39, 0.29) is 16.3 Å². The molecule has 0 saturated carbocycles. The quantitative estimate of drug-likeness (QED) is 0.749. The van der Waals surface area contributed by atoms with Crippen molar-refractivity contribution in [1.82, 2.24) is 4.98 Å². The van der Waals surface area contributed by atoms with E-state index in [4.69, 9.17) is 21.8 Å². The van der Waals surface area contributed by atoms with Crippen LogP contribution in [0.25, 0.3) is 10.9 Å². The topological polar surface area (TPSA) is 90.4 Å². The summed E-state index contributed by atoms with van der Waals surface area (Å²) >= 11 is 5.74. The number of nitrogens with one attached hydrogen (secondary N) is 1. The van der Waals surface area contributed by atoms with Crippen molar-refractivity contribution in [1.29, 1.82) is 0 Å². The minimum atomic E-state index is -1.15. The second-order valence-corrected chi connectivity index (χ2v) is 3.62. The zero-order valence-corrected chi connectivity index (χ0v) is 8.58. The van der Waals surface area contributed by atoms with Gasteiger partial charge in [0.05, 0.1) is 10.6 Å². The number of carboxylic acid groups (broad SMARTS) is 2. The van der Waals surface area contributed by atoms with Crippen LogP contribution in [0.4, 0.5) is 0 Å². The Morgan fingerprint density at radius 3 is 2.38 bits per heavy atom. The number of carboxylic acids is 2. The number of carbonyl (C=O) groups is 2. The smallest absolute Gasteiger partial charge is 0.352 e. The molecule has 6 heteroatoms. The number of benzene rings is 1. The van der Waals surface area contributed by atoms with Crippen LogP contribution in [0, 0.1) is 0 Å². The highest BCUT2D eigenvalue weighted by atomic mass is 35.5. The lowest BCUT2D eigenvalue weighted by Gasteiger charge is -1.98. The van der Waals surface area contributed by atoms with Gasteiger partial charge in [0.15, 0.2) is 0 Å². The summed E-state index contributed by atoms with van der Waals surface area (Å²) in [6, 6.07) is 4.09. The van der Waals surface area contributed by atoms with Gasteiger partial charge < -0.3 is 15.2 Å². The van der Waals surface area contributed by atoms with Gasteiger partial charge in [0.1, 0.15) is 5.69 Å². The minimum Gasteiger partial charge on any atom is -0.478 e. The standard InChI is InChI=1S/C10H6ClNO4/c11-6-3-7-4(1-5(6)9(13)14)2-8(12-7)10(15)16/h1-3,12H,(H,13,14)(H,15,16). The Morgan fingerprint density at radius 2 is 1.81 bits per heavy atom. The van der Waals surface area contributed by atoms with Crippen LogP contribution in [0.2, 0.25) is 5.02 Å². The van der Waals surface area contributed by atoms with Gasteiger partial charge in [0.25, 0.3) is 0 Å². The third-order valence-electron chi connectivity index (χ3n) is 2.17. The van der Waals surface area contributed by atoms with Gasteiger partial charge in [0, 0.05) is 10.9 Å². The molecule has 1 heterocycles. The van der Waals surface area contributed by atoms with E-state index in [1.165, 1.54) is 18.2 Å². The van der Waals surface area contributed by atoms with Gasteiger partial charge in [-0.05, 0) is 18.2 Å². The van der Waals surface area contributed by atoms with Crippen molar-refractivity contribution in [3.05, 3.63) is 34.5 Å². The summed E-state index contributed by atoms with van der Waals surface area (Å²) in [6.45, 7) is 0. The zero-order chi connectivity index (χ0) is 11.9. The first kappa shape index (κ1) is 10.5. The van der Waals surface area contributed by atoms with Crippen molar-refractivity contribution in [2.24, 2.45) is 0 Å². The fraction of sp³-hybridized carbons (Fsp3) is 0. The van der Waals surface area contributed by atoms with E-state index in [1.54, 1.807) is 0 Å². The number of aromatic amines is 1. The molecule has 3 N–H and O–H groups in total. The molecule has 0 spiro atoms.